The first-order chi connectivity index (χ1) is 7.67. The maximum atomic E-state index is 11.2. The van der Waals surface area contributed by atoms with E-state index in [2.05, 4.69) is 13.5 Å². The lowest BCUT2D eigenvalue weighted by Crippen LogP contribution is -2.40. The number of carbonyl (C=O) groups is 2. The van der Waals surface area contributed by atoms with Crippen LogP contribution in [-0.2, 0) is 19.1 Å². The van der Waals surface area contributed by atoms with Crippen LogP contribution in [0.25, 0.3) is 0 Å². The van der Waals surface area contributed by atoms with Crippen LogP contribution in [0.1, 0.15) is 19.8 Å². The molecule has 0 amide bonds. The van der Waals surface area contributed by atoms with Crippen molar-refractivity contribution in [2.24, 2.45) is 17.8 Å². The Bertz CT molecular complexity index is 312. The molecular weight excluding hydrogens is 208 g/mol. The molecule has 4 heteroatoms. The third kappa shape index (κ3) is 1.72. The van der Waals surface area contributed by atoms with Crippen molar-refractivity contribution < 1.29 is 19.1 Å². The average molecular weight is 224 g/mol. The summed E-state index contributed by atoms with van der Waals surface area (Å²) in [7, 11) is 0. The molecule has 2 rings (SSSR count). The van der Waals surface area contributed by atoms with Gasteiger partial charge in [-0.25, -0.2) is 4.79 Å². The van der Waals surface area contributed by atoms with Crippen LogP contribution in [-0.4, -0.2) is 24.6 Å². The van der Waals surface area contributed by atoms with Gasteiger partial charge in [-0.1, -0.05) is 13.5 Å². The molecule has 0 aromatic rings. The van der Waals surface area contributed by atoms with Crippen LogP contribution in [0.4, 0.5) is 0 Å². The summed E-state index contributed by atoms with van der Waals surface area (Å²) in [6, 6.07) is 0. The van der Waals surface area contributed by atoms with E-state index in [1.807, 2.05) is 0 Å². The van der Waals surface area contributed by atoms with E-state index in [1.54, 1.807) is 0 Å². The standard InChI is InChI=1S/C12H16O4/c1-3-10(14)16-11-8-4-7(2)9(5-8)12(11)15-6-13/h3,6-9,11-12H,1,4-5H2,2H3. The highest BCUT2D eigenvalue weighted by Crippen LogP contribution is 2.50. The molecule has 88 valence electrons. The van der Waals surface area contributed by atoms with Crippen LogP contribution in [0.3, 0.4) is 0 Å². The fraction of sp³-hybridized carbons (Fsp3) is 0.667. The van der Waals surface area contributed by atoms with Crippen molar-refractivity contribution in [1.29, 1.82) is 0 Å². The number of esters is 1. The first-order valence-corrected chi connectivity index (χ1v) is 5.59. The van der Waals surface area contributed by atoms with Gasteiger partial charge in [-0.05, 0) is 18.8 Å². The molecule has 5 atom stereocenters. The average Bonchev–Trinajstić information content (AvgIpc) is 2.77. The minimum Gasteiger partial charge on any atom is -0.460 e. The highest BCUT2D eigenvalue weighted by Gasteiger charge is 2.54. The largest absolute Gasteiger partial charge is 0.460 e. The van der Waals surface area contributed by atoms with Gasteiger partial charge in [0.1, 0.15) is 12.2 Å². The molecule has 4 nitrogen and oxygen atoms in total. The van der Waals surface area contributed by atoms with E-state index in [-0.39, 0.29) is 12.2 Å². The van der Waals surface area contributed by atoms with E-state index in [1.165, 1.54) is 0 Å². The Hall–Kier alpha value is -1.32. The van der Waals surface area contributed by atoms with Crippen LogP contribution in [0.5, 0.6) is 0 Å². The van der Waals surface area contributed by atoms with Crippen LogP contribution in [0.2, 0.25) is 0 Å². The first kappa shape index (κ1) is 11.2. The minimum absolute atomic E-state index is 0.268. The molecule has 0 heterocycles. The molecule has 0 N–H and O–H groups in total. The Kier molecular flexibility index (Phi) is 2.99. The molecule has 16 heavy (non-hydrogen) atoms. The lowest BCUT2D eigenvalue weighted by Gasteiger charge is -2.32. The smallest absolute Gasteiger partial charge is 0.330 e. The summed E-state index contributed by atoms with van der Waals surface area (Å²) in [5.41, 5.74) is 0. The third-order valence-electron chi connectivity index (χ3n) is 3.82. The van der Waals surface area contributed by atoms with E-state index in [4.69, 9.17) is 9.47 Å². The first-order valence-electron chi connectivity index (χ1n) is 5.59. The van der Waals surface area contributed by atoms with Gasteiger partial charge in [0, 0.05) is 17.9 Å². The Morgan fingerprint density at radius 1 is 1.38 bits per heavy atom. The minimum atomic E-state index is -0.440. The zero-order chi connectivity index (χ0) is 11.7. The van der Waals surface area contributed by atoms with Gasteiger partial charge in [-0.3, -0.25) is 4.79 Å². The van der Waals surface area contributed by atoms with Crippen LogP contribution in [0, 0.1) is 17.8 Å². The summed E-state index contributed by atoms with van der Waals surface area (Å²) in [4.78, 5) is 21.7. The number of hydrogen-bond acceptors (Lipinski definition) is 4. The molecule has 0 aliphatic heterocycles. The van der Waals surface area contributed by atoms with E-state index in [0.29, 0.717) is 24.2 Å². The molecule has 2 aliphatic rings. The van der Waals surface area contributed by atoms with Gasteiger partial charge in [-0.2, -0.15) is 0 Å². The molecule has 2 aliphatic carbocycles. The third-order valence-corrected chi connectivity index (χ3v) is 3.82. The summed E-state index contributed by atoms with van der Waals surface area (Å²) in [6.07, 6.45) is 2.62. The van der Waals surface area contributed by atoms with Crippen molar-refractivity contribution in [1.82, 2.24) is 0 Å². The van der Waals surface area contributed by atoms with E-state index in [0.717, 1.165) is 18.9 Å². The van der Waals surface area contributed by atoms with E-state index >= 15 is 0 Å². The van der Waals surface area contributed by atoms with Crippen molar-refractivity contribution in [3.63, 3.8) is 0 Å². The number of ether oxygens (including phenoxy) is 2. The Labute approximate surface area is 94.6 Å². The molecule has 5 unspecified atom stereocenters. The van der Waals surface area contributed by atoms with Gasteiger partial charge < -0.3 is 9.47 Å². The van der Waals surface area contributed by atoms with E-state index < -0.39 is 5.97 Å². The summed E-state index contributed by atoms with van der Waals surface area (Å²) in [5.74, 6) is 0.755. The predicted molar refractivity (Wildman–Crippen MR) is 56.4 cm³/mol. The van der Waals surface area contributed by atoms with Gasteiger partial charge in [0.2, 0.25) is 0 Å². The lowest BCUT2D eigenvalue weighted by atomic mass is 9.86. The van der Waals surface area contributed by atoms with Crippen LogP contribution >= 0.6 is 0 Å². The molecule has 0 spiro atoms. The monoisotopic (exact) mass is 224 g/mol. The number of rotatable bonds is 4. The highest BCUT2D eigenvalue weighted by atomic mass is 16.6. The predicted octanol–water partition coefficient (Wildman–Crippen LogP) is 1.30. The zero-order valence-corrected chi connectivity index (χ0v) is 9.30. The quantitative estimate of drug-likeness (QED) is 0.410. The molecule has 2 fully saturated rings. The fourth-order valence-corrected chi connectivity index (χ4v) is 3.16. The van der Waals surface area contributed by atoms with Gasteiger partial charge in [0.25, 0.3) is 6.47 Å². The summed E-state index contributed by atoms with van der Waals surface area (Å²) in [5, 5.41) is 0. The Morgan fingerprint density at radius 3 is 2.75 bits per heavy atom. The lowest BCUT2D eigenvalue weighted by molar-refractivity contribution is -0.163. The maximum absolute atomic E-state index is 11.2. The highest BCUT2D eigenvalue weighted by molar-refractivity contribution is 5.81. The zero-order valence-electron chi connectivity index (χ0n) is 9.30. The molecule has 0 aromatic carbocycles. The van der Waals surface area contributed by atoms with Gasteiger partial charge >= 0.3 is 5.97 Å². The Morgan fingerprint density at radius 2 is 2.12 bits per heavy atom. The number of fused-ring (bicyclic) bond motifs is 2. The van der Waals surface area contributed by atoms with Crippen molar-refractivity contribution in [3.8, 4) is 0 Å². The second-order valence-corrected chi connectivity index (χ2v) is 4.68. The molecule has 2 saturated carbocycles. The second kappa shape index (κ2) is 4.28. The second-order valence-electron chi connectivity index (χ2n) is 4.68. The van der Waals surface area contributed by atoms with Gasteiger partial charge in [0.15, 0.2) is 0 Å². The van der Waals surface area contributed by atoms with Crippen molar-refractivity contribution >= 4 is 12.4 Å². The molecular formula is C12H16O4. The van der Waals surface area contributed by atoms with Crippen LogP contribution < -0.4 is 0 Å². The van der Waals surface area contributed by atoms with Crippen LogP contribution in [0.15, 0.2) is 12.7 Å². The maximum Gasteiger partial charge on any atom is 0.330 e. The van der Waals surface area contributed by atoms with Gasteiger partial charge in [0.05, 0.1) is 0 Å². The van der Waals surface area contributed by atoms with Crippen molar-refractivity contribution in [2.75, 3.05) is 0 Å². The van der Waals surface area contributed by atoms with Crippen molar-refractivity contribution in [2.45, 2.75) is 32.0 Å². The fourth-order valence-electron chi connectivity index (χ4n) is 3.16. The molecule has 2 bridgehead atoms. The normalized spacial score (nSPS) is 40.4. The molecule has 0 radical (unpaired) electrons. The molecule has 0 aromatic heterocycles. The number of hydrogen-bond donors (Lipinski definition) is 0. The van der Waals surface area contributed by atoms with E-state index in [9.17, 15) is 9.59 Å². The topological polar surface area (TPSA) is 52.6 Å². The molecule has 0 saturated heterocycles. The Balaban J connectivity index is 2.08. The number of carbonyl (C=O) groups excluding carboxylic acids is 2. The summed E-state index contributed by atoms with van der Waals surface area (Å²) in [6.45, 7) is 5.97. The van der Waals surface area contributed by atoms with Crippen molar-refractivity contribution in [3.05, 3.63) is 12.7 Å². The SMILES string of the molecule is C=CC(=O)OC1C2CC(C)C(C2)C1OC=O. The summed E-state index contributed by atoms with van der Waals surface area (Å²) < 4.78 is 10.3. The summed E-state index contributed by atoms with van der Waals surface area (Å²) >= 11 is 0. The van der Waals surface area contributed by atoms with Gasteiger partial charge in [-0.15, -0.1) is 0 Å².